The van der Waals surface area contributed by atoms with Crippen LogP contribution in [-0.2, 0) is 21.4 Å². The molecule has 0 bridgehead atoms. The second-order valence-electron chi connectivity index (χ2n) is 8.48. The van der Waals surface area contributed by atoms with Crippen molar-refractivity contribution in [3.63, 3.8) is 0 Å². The summed E-state index contributed by atoms with van der Waals surface area (Å²) in [4.78, 5) is 12.9. The SMILES string of the molecule is BrCCOCCBr.N#CCc1nc(-c2ccccc2)cs1.[C-]#[N+]C1(c2nc(-c3ccccc3)cs2)CCOCC1. The molecule has 2 aromatic carbocycles. The van der Waals surface area contributed by atoms with Crippen molar-refractivity contribution in [3.05, 3.63) is 92.9 Å². The largest absolute Gasteiger partial charge is 0.381 e. The molecule has 10 heteroatoms. The first-order chi connectivity index (χ1) is 19.7. The highest BCUT2D eigenvalue weighted by atomic mass is 79.9. The Kier molecular flexibility index (Phi) is 14.5. The summed E-state index contributed by atoms with van der Waals surface area (Å²) in [6, 6.07) is 22.2. The van der Waals surface area contributed by atoms with Crippen LogP contribution in [0.3, 0.4) is 0 Å². The van der Waals surface area contributed by atoms with Gasteiger partial charge >= 0.3 is 0 Å². The van der Waals surface area contributed by atoms with Gasteiger partial charge in [-0.05, 0) is 0 Å². The summed E-state index contributed by atoms with van der Waals surface area (Å²) in [5, 5.41) is 16.2. The predicted molar refractivity (Wildman–Crippen MR) is 171 cm³/mol. The Morgan fingerprint density at radius 3 is 1.98 bits per heavy atom. The van der Waals surface area contributed by atoms with Crippen molar-refractivity contribution in [2.24, 2.45) is 0 Å². The van der Waals surface area contributed by atoms with Gasteiger partial charge in [-0.1, -0.05) is 92.5 Å². The number of nitriles is 1. The molecule has 0 spiro atoms. The number of ether oxygens (including phenoxy) is 2. The first kappa shape index (κ1) is 32.1. The highest BCUT2D eigenvalue weighted by Crippen LogP contribution is 2.39. The third kappa shape index (κ3) is 9.88. The van der Waals surface area contributed by atoms with Crippen LogP contribution in [0.25, 0.3) is 27.4 Å². The zero-order valence-corrected chi connectivity index (χ0v) is 26.8. The molecule has 0 amide bonds. The Hall–Kier alpha value is -2.44. The van der Waals surface area contributed by atoms with E-state index in [0.717, 1.165) is 69.2 Å². The number of rotatable bonds is 8. The van der Waals surface area contributed by atoms with E-state index in [0.29, 0.717) is 19.6 Å². The first-order valence-electron chi connectivity index (χ1n) is 12.7. The van der Waals surface area contributed by atoms with E-state index < -0.39 is 5.54 Å². The van der Waals surface area contributed by atoms with Crippen molar-refractivity contribution in [2.45, 2.75) is 24.8 Å². The number of aromatic nitrogens is 2. The molecular formula is C30H30Br2N4O2S2. The Morgan fingerprint density at radius 1 is 0.900 bits per heavy atom. The lowest BCUT2D eigenvalue weighted by Gasteiger charge is -2.24. The van der Waals surface area contributed by atoms with Crippen molar-refractivity contribution in [3.8, 4) is 28.6 Å². The van der Waals surface area contributed by atoms with Gasteiger partial charge in [-0.2, -0.15) is 5.26 Å². The average molecular weight is 703 g/mol. The highest BCUT2D eigenvalue weighted by molar-refractivity contribution is 9.09. The summed E-state index contributed by atoms with van der Waals surface area (Å²) < 4.78 is 10.4. The maximum atomic E-state index is 8.52. The lowest BCUT2D eigenvalue weighted by atomic mass is 9.92. The maximum Gasteiger partial charge on any atom is 0.287 e. The highest BCUT2D eigenvalue weighted by Gasteiger charge is 2.43. The van der Waals surface area contributed by atoms with Gasteiger partial charge in [0.2, 0.25) is 0 Å². The van der Waals surface area contributed by atoms with Crippen LogP contribution in [0.1, 0.15) is 22.9 Å². The van der Waals surface area contributed by atoms with E-state index >= 15 is 0 Å². The lowest BCUT2D eigenvalue weighted by Crippen LogP contribution is -2.30. The third-order valence-corrected chi connectivity index (χ3v) is 8.33. The molecule has 0 unspecified atom stereocenters. The van der Waals surface area contributed by atoms with Gasteiger partial charge in [0.1, 0.15) is 5.01 Å². The van der Waals surface area contributed by atoms with Crippen LogP contribution >= 0.6 is 54.5 Å². The van der Waals surface area contributed by atoms with Crippen molar-refractivity contribution >= 4 is 54.5 Å². The number of hydrogen-bond acceptors (Lipinski definition) is 7. The van der Waals surface area contributed by atoms with Gasteiger partial charge in [0.15, 0.2) is 5.01 Å². The Labute approximate surface area is 261 Å². The number of benzene rings is 2. The monoisotopic (exact) mass is 700 g/mol. The van der Waals surface area contributed by atoms with E-state index in [4.69, 9.17) is 26.3 Å². The minimum absolute atomic E-state index is 0.400. The number of nitrogens with zero attached hydrogens (tertiary/aromatic N) is 4. The third-order valence-electron chi connectivity index (χ3n) is 5.80. The quantitative estimate of drug-likeness (QED) is 0.105. The van der Waals surface area contributed by atoms with E-state index in [-0.39, 0.29) is 0 Å². The average Bonchev–Trinajstić information content (AvgIpc) is 3.71. The maximum absolute atomic E-state index is 8.52. The molecule has 0 N–H and O–H groups in total. The van der Waals surface area contributed by atoms with Crippen LogP contribution in [0.4, 0.5) is 0 Å². The first-order valence-corrected chi connectivity index (χ1v) is 16.7. The minimum Gasteiger partial charge on any atom is -0.381 e. The fourth-order valence-corrected chi connectivity index (χ4v) is 5.95. The van der Waals surface area contributed by atoms with Gasteiger partial charge in [-0.15, -0.1) is 22.7 Å². The summed E-state index contributed by atoms with van der Waals surface area (Å²) in [6.45, 7) is 10.5. The molecule has 4 aromatic rings. The normalized spacial score (nSPS) is 13.5. The van der Waals surface area contributed by atoms with Crippen LogP contribution in [0, 0.1) is 17.9 Å². The molecule has 1 aliphatic heterocycles. The van der Waals surface area contributed by atoms with Crippen LogP contribution in [0.2, 0.25) is 0 Å². The summed E-state index contributed by atoms with van der Waals surface area (Å²) in [6.07, 6.45) is 1.90. The van der Waals surface area contributed by atoms with Gasteiger partial charge in [0, 0.05) is 32.5 Å². The molecular weight excluding hydrogens is 672 g/mol. The standard InChI is InChI=1S/C15H14N2OS.C11H8N2S.C4H8Br2O/c1-16-15(7-9-18-10-8-15)14-17-13(11-19-14)12-5-3-2-4-6-12;12-7-6-11-13-10(8-14-11)9-4-2-1-3-5-9;5-1-3-7-4-2-6/h2-6,11H,7-10H2;1-5,8H,6H2;1-4H2. The van der Waals surface area contributed by atoms with Crippen LogP contribution in [0.15, 0.2) is 71.4 Å². The number of halogens is 2. The van der Waals surface area contributed by atoms with Crippen molar-refractivity contribution in [1.82, 2.24) is 9.97 Å². The fourth-order valence-electron chi connectivity index (χ4n) is 3.72. The number of alkyl halides is 2. The minimum atomic E-state index is -0.462. The second-order valence-corrected chi connectivity index (χ2v) is 11.9. The van der Waals surface area contributed by atoms with E-state index in [1.165, 1.54) is 11.3 Å². The Morgan fingerprint density at radius 2 is 1.45 bits per heavy atom. The molecule has 6 nitrogen and oxygen atoms in total. The van der Waals surface area contributed by atoms with Gasteiger partial charge in [-0.25, -0.2) is 16.5 Å². The van der Waals surface area contributed by atoms with E-state index in [1.54, 1.807) is 11.3 Å². The summed E-state index contributed by atoms with van der Waals surface area (Å²) in [5.74, 6) is 0. The molecule has 0 atom stereocenters. The van der Waals surface area contributed by atoms with Gasteiger partial charge in [0.25, 0.3) is 5.54 Å². The lowest BCUT2D eigenvalue weighted by molar-refractivity contribution is 0.0646. The molecule has 1 fully saturated rings. The molecule has 2 aromatic heterocycles. The molecule has 1 aliphatic rings. The second kappa shape index (κ2) is 18.1. The van der Waals surface area contributed by atoms with Gasteiger partial charge in [-0.3, -0.25) is 0 Å². The smallest absolute Gasteiger partial charge is 0.287 e. The van der Waals surface area contributed by atoms with Crippen molar-refractivity contribution < 1.29 is 9.47 Å². The fraction of sp³-hybridized carbons (Fsp3) is 0.333. The van der Waals surface area contributed by atoms with Crippen molar-refractivity contribution in [2.75, 3.05) is 37.1 Å². The Bertz CT molecular complexity index is 1340. The molecule has 0 saturated carbocycles. The summed E-state index contributed by atoms with van der Waals surface area (Å²) in [5.41, 5.74) is 3.68. The topological polar surface area (TPSA) is 72.4 Å². The molecule has 5 rings (SSSR count). The molecule has 1 saturated heterocycles. The zero-order valence-electron chi connectivity index (χ0n) is 22.0. The molecule has 40 heavy (non-hydrogen) atoms. The molecule has 3 heterocycles. The number of hydrogen-bond donors (Lipinski definition) is 0. The summed E-state index contributed by atoms with van der Waals surface area (Å²) >= 11 is 9.61. The summed E-state index contributed by atoms with van der Waals surface area (Å²) in [7, 11) is 0. The van der Waals surface area contributed by atoms with Crippen LogP contribution in [-0.4, -0.2) is 47.1 Å². The van der Waals surface area contributed by atoms with Gasteiger partial charge < -0.3 is 14.3 Å². The molecule has 0 radical (unpaired) electrons. The van der Waals surface area contributed by atoms with Crippen molar-refractivity contribution in [1.29, 1.82) is 5.26 Å². The van der Waals surface area contributed by atoms with Crippen LogP contribution < -0.4 is 0 Å². The molecule has 208 valence electrons. The predicted octanol–water partition coefficient (Wildman–Crippen LogP) is 8.40. The van der Waals surface area contributed by atoms with E-state index in [9.17, 15) is 0 Å². The van der Waals surface area contributed by atoms with E-state index in [2.05, 4.69) is 47.8 Å². The number of thiazole rings is 2. The Balaban J connectivity index is 0.000000185. The zero-order chi connectivity index (χ0) is 28.5. The van der Waals surface area contributed by atoms with Crippen LogP contribution in [0.5, 0.6) is 0 Å². The van der Waals surface area contributed by atoms with E-state index in [1.807, 2.05) is 71.4 Å². The van der Waals surface area contributed by atoms with Gasteiger partial charge in [0.05, 0.1) is 63.1 Å². The molecule has 0 aliphatic carbocycles.